The van der Waals surface area contributed by atoms with Crippen molar-refractivity contribution >= 4 is 27.6 Å². The zero-order valence-electron chi connectivity index (χ0n) is 17.5. The van der Waals surface area contributed by atoms with Gasteiger partial charge in [0.2, 0.25) is 0 Å². The minimum absolute atomic E-state index is 0.111. The number of hydrogen-bond acceptors (Lipinski definition) is 4. The number of carbonyl (C=O) groups is 1. The second-order valence-electron chi connectivity index (χ2n) is 8.19. The highest BCUT2D eigenvalue weighted by Crippen LogP contribution is 2.33. The molecule has 1 aliphatic carbocycles. The third-order valence-electron chi connectivity index (χ3n) is 6.01. The molecule has 1 saturated carbocycles. The fraction of sp³-hybridized carbons (Fsp3) is 0.231. The molecule has 4 aromatic rings. The van der Waals surface area contributed by atoms with Gasteiger partial charge in [0.15, 0.2) is 0 Å². The van der Waals surface area contributed by atoms with Crippen LogP contribution in [0.1, 0.15) is 47.6 Å². The fourth-order valence-electron chi connectivity index (χ4n) is 4.33. The minimum atomic E-state index is -0.939. The zero-order chi connectivity index (χ0) is 22.1. The molecule has 0 unspecified atom stereocenters. The summed E-state index contributed by atoms with van der Waals surface area (Å²) in [5.74, 6) is -0.207. The van der Waals surface area contributed by atoms with Gasteiger partial charge >= 0.3 is 5.97 Å². The van der Waals surface area contributed by atoms with E-state index in [1.165, 1.54) is 24.4 Å². The van der Waals surface area contributed by atoms with Crippen LogP contribution in [0, 0.1) is 0 Å². The average Bonchev–Trinajstić information content (AvgIpc) is 3.46. The Bertz CT molecular complexity index is 1350. The van der Waals surface area contributed by atoms with Crippen molar-refractivity contribution in [2.24, 2.45) is 0 Å². The van der Waals surface area contributed by atoms with E-state index in [1.54, 1.807) is 18.2 Å². The van der Waals surface area contributed by atoms with Crippen LogP contribution in [0.3, 0.4) is 0 Å². The van der Waals surface area contributed by atoms with Crippen molar-refractivity contribution < 1.29 is 14.6 Å². The van der Waals surface area contributed by atoms with Gasteiger partial charge in [-0.25, -0.2) is 4.79 Å². The van der Waals surface area contributed by atoms with Gasteiger partial charge in [0, 0.05) is 6.04 Å². The first-order chi connectivity index (χ1) is 15.6. The normalized spacial score (nSPS) is 14.1. The van der Waals surface area contributed by atoms with E-state index in [0.717, 1.165) is 45.4 Å². The molecule has 0 saturated heterocycles. The van der Waals surface area contributed by atoms with E-state index in [9.17, 15) is 14.7 Å². The number of aromatic carboxylic acids is 1. The van der Waals surface area contributed by atoms with Crippen LogP contribution in [-0.4, -0.2) is 15.0 Å². The summed E-state index contributed by atoms with van der Waals surface area (Å²) >= 11 is 1.54. The van der Waals surface area contributed by atoms with Crippen molar-refractivity contribution in [3.05, 3.63) is 88.2 Å². The van der Waals surface area contributed by atoms with Crippen molar-refractivity contribution in [2.45, 2.75) is 38.3 Å². The summed E-state index contributed by atoms with van der Waals surface area (Å²) in [7, 11) is 0. The zero-order valence-corrected chi connectivity index (χ0v) is 18.3. The van der Waals surface area contributed by atoms with Gasteiger partial charge in [-0.05, 0) is 65.9 Å². The summed E-state index contributed by atoms with van der Waals surface area (Å²) in [5.41, 5.74) is 3.16. The van der Waals surface area contributed by atoms with E-state index in [1.807, 2.05) is 52.5 Å². The first kappa shape index (κ1) is 20.5. The third-order valence-corrected chi connectivity index (χ3v) is 7.21. The lowest BCUT2D eigenvalue weighted by atomic mass is 10.0. The number of hydrogen-bond donors (Lipinski definition) is 1. The summed E-state index contributed by atoms with van der Waals surface area (Å²) in [6, 6.07) is 20.8. The highest BCUT2D eigenvalue weighted by molar-refractivity contribution is 7.13. The van der Waals surface area contributed by atoms with Crippen molar-refractivity contribution in [3.8, 4) is 16.9 Å². The summed E-state index contributed by atoms with van der Waals surface area (Å²) < 4.78 is 8.93. The quantitative estimate of drug-likeness (QED) is 0.388. The van der Waals surface area contributed by atoms with E-state index >= 15 is 0 Å². The number of benzene rings is 3. The number of carboxylic acid groups (broad SMARTS) is 1. The topological polar surface area (TPSA) is 68.5 Å². The lowest BCUT2D eigenvalue weighted by molar-refractivity contribution is 0.0697. The van der Waals surface area contributed by atoms with Gasteiger partial charge in [0.1, 0.15) is 12.4 Å². The van der Waals surface area contributed by atoms with E-state index in [-0.39, 0.29) is 11.1 Å². The maximum absolute atomic E-state index is 12.7. The number of carboxylic acids is 1. The van der Waals surface area contributed by atoms with E-state index < -0.39 is 5.97 Å². The molecule has 0 amide bonds. The van der Waals surface area contributed by atoms with Gasteiger partial charge in [-0.1, -0.05) is 54.7 Å². The van der Waals surface area contributed by atoms with Crippen molar-refractivity contribution in [3.63, 3.8) is 0 Å². The van der Waals surface area contributed by atoms with Crippen molar-refractivity contribution in [2.75, 3.05) is 0 Å². The van der Waals surface area contributed by atoms with Gasteiger partial charge in [0.05, 0.1) is 15.6 Å². The Kier molecular flexibility index (Phi) is 5.53. The van der Waals surface area contributed by atoms with E-state index in [0.29, 0.717) is 12.6 Å². The molecule has 6 heteroatoms. The van der Waals surface area contributed by atoms with Crippen LogP contribution in [0.25, 0.3) is 21.2 Å². The number of nitrogens with zero attached hydrogens (tertiary/aromatic N) is 1. The molecular formula is C26H23NO4S. The predicted molar refractivity (Wildman–Crippen MR) is 127 cm³/mol. The Balaban J connectivity index is 1.34. The Morgan fingerprint density at radius 1 is 1.00 bits per heavy atom. The van der Waals surface area contributed by atoms with E-state index in [4.69, 9.17) is 4.74 Å². The van der Waals surface area contributed by atoms with Gasteiger partial charge in [-0.2, -0.15) is 0 Å². The molecule has 1 fully saturated rings. The van der Waals surface area contributed by atoms with Gasteiger partial charge in [-0.3, -0.25) is 8.75 Å². The summed E-state index contributed by atoms with van der Waals surface area (Å²) in [6.07, 6.45) is 4.56. The first-order valence-corrected chi connectivity index (χ1v) is 11.6. The lowest BCUT2D eigenvalue weighted by Gasteiger charge is -2.09. The molecule has 0 radical (unpaired) electrons. The van der Waals surface area contributed by atoms with Crippen molar-refractivity contribution in [1.82, 2.24) is 3.96 Å². The molecule has 0 aliphatic heterocycles. The van der Waals surface area contributed by atoms with Crippen LogP contribution < -0.4 is 10.3 Å². The Morgan fingerprint density at radius 3 is 2.53 bits per heavy atom. The standard InChI is InChI=1S/C26H23NO4S/c28-25-23-12-11-22(15-24(23)32-27(25)21-9-1-2-10-21)31-16-17-5-3-6-18(13-17)19-7-4-8-20(14-19)26(29)30/h3-8,11-15,21H,1-2,9-10,16H2,(H,29,30). The molecule has 1 aliphatic rings. The molecule has 162 valence electrons. The van der Waals surface area contributed by atoms with Gasteiger partial charge < -0.3 is 9.84 Å². The molecule has 0 spiro atoms. The highest BCUT2D eigenvalue weighted by Gasteiger charge is 2.21. The van der Waals surface area contributed by atoms with Crippen LogP contribution in [0.5, 0.6) is 5.75 Å². The highest BCUT2D eigenvalue weighted by atomic mass is 32.1. The maximum Gasteiger partial charge on any atom is 0.335 e. The monoisotopic (exact) mass is 445 g/mol. The third kappa shape index (κ3) is 4.06. The Morgan fingerprint density at radius 2 is 1.75 bits per heavy atom. The molecule has 0 atom stereocenters. The van der Waals surface area contributed by atoms with Gasteiger partial charge in [-0.15, -0.1) is 0 Å². The predicted octanol–water partition coefficient (Wildman–Crippen LogP) is 6.12. The molecule has 32 heavy (non-hydrogen) atoms. The number of ether oxygens (including phenoxy) is 1. The molecule has 0 bridgehead atoms. The number of aromatic nitrogens is 1. The van der Waals surface area contributed by atoms with Crippen LogP contribution in [-0.2, 0) is 6.61 Å². The average molecular weight is 446 g/mol. The SMILES string of the molecule is O=C(O)c1cccc(-c2cccc(COc3ccc4c(=O)n(C5CCCC5)sc4c3)c2)c1. The summed E-state index contributed by atoms with van der Waals surface area (Å²) in [5, 5.41) is 10.00. The number of fused-ring (bicyclic) bond motifs is 1. The van der Waals surface area contributed by atoms with Crippen LogP contribution in [0.15, 0.2) is 71.5 Å². The maximum atomic E-state index is 12.7. The summed E-state index contributed by atoms with van der Waals surface area (Å²) in [4.78, 5) is 24.0. The number of rotatable bonds is 6. The Hall–Kier alpha value is -3.38. The van der Waals surface area contributed by atoms with Crippen molar-refractivity contribution in [1.29, 1.82) is 0 Å². The molecule has 1 heterocycles. The molecule has 1 N–H and O–H groups in total. The summed E-state index contributed by atoms with van der Waals surface area (Å²) in [6.45, 7) is 0.385. The van der Waals surface area contributed by atoms with Gasteiger partial charge in [0.25, 0.3) is 5.56 Å². The molecule has 5 rings (SSSR count). The molecule has 1 aromatic heterocycles. The Labute approximate surface area is 189 Å². The second kappa shape index (κ2) is 8.63. The minimum Gasteiger partial charge on any atom is -0.489 e. The van der Waals surface area contributed by atoms with Crippen LogP contribution in [0.2, 0.25) is 0 Å². The van der Waals surface area contributed by atoms with Crippen LogP contribution >= 0.6 is 11.5 Å². The largest absolute Gasteiger partial charge is 0.489 e. The lowest BCUT2D eigenvalue weighted by Crippen LogP contribution is -2.16. The van der Waals surface area contributed by atoms with E-state index in [2.05, 4.69) is 0 Å². The first-order valence-electron chi connectivity index (χ1n) is 10.8. The fourth-order valence-corrected chi connectivity index (χ4v) is 5.50. The van der Waals surface area contributed by atoms with Crippen LogP contribution in [0.4, 0.5) is 0 Å². The second-order valence-corrected chi connectivity index (χ2v) is 9.21. The molecule has 5 nitrogen and oxygen atoms in total. The molecule has 3 aromatic carbocycles. The molecular weight excluding hydrogens is 422 g/mol. The smallest absolute Gasteiger partial charge is 0.335 e.